The highest BCUT2D eigenvalue weighted by atomic mass is 35.5. The Morgan fingerprint density at radius 3 is 2.52 bits per heavy atom. The SMILES string of the molecule is O=C(O)C(c1ccc(Cl)cc1Cl)N1CCC(OCC2CC2)CC1. The lowest BCUT2D eigenvalue weighted by atomic mass is 10.0. The van der Waals surface area contributed by atoms with Crippen LogP contribution in [0.2, 0.25) is 10.0 Å². The summed E-state index contributed by atoms with van der Waals surface area (Å²) in [5.41, 5.74) is 0.598. The number of benzene rings is 1. The highest BCUT2D eigenvalue weighted by molar-refractivity contribution is 6.35. The molecule has 0 amide bonds. The fourth-order valence-electron chi connectivity index (χ4n) is 3.07. The molecule has 23 heavy (non-hydrogen) atoms. The fraction of sp³-hybridized carbons (Fsp3) is 0.588. The summed E-state index contributed by atoms with van der Waals surface area (Å²) >= 11 is 12.1. The maximum absolute atomic E-state index is 11.8. The molecule has 1 heterocycles. The molecule has 1 N–H and O–H groups in total. The van der Waals surface area contributed by atoms with Gasteiger partial charge in [-0.2, -0.15) is 0 Å². The topological polar surface area (TPSA) is 49.8 Å². The van der Waals surface area contributed by atoms with Gasteiger partial charge in [0.2, 0.25) is 0 Å². The molecule has 2 fully saturated rings. The second-order valence-electron chi connectivity index (χ2n) is 6.42. The van der Waals surface area contributed by atoms with E-state index in [2.05, 4.69) is 0 Å². The molecule has 1 aliphatic heterocycles. The molecule has 1 aromatic carbocycles. The minimum Gasteiger partial charge on any atom is -0.480 e. The first-order valence-corrected chi connectivity index (χ1v) is 8.83. The number of ether oxygens (including phenoxy) is 1. The number of carboxylic acids is 1. The molecule has 1 saturated heterocycles. The van der Waals surface area contributed by atoms with Crippen LogP contribution < -0.4 is 0 Å². The van der Waals surface area contributed by atoms with Crippen molar-refractivity contribution in [3.05, 3.63) is 33.8 Å². The molecule has 1 aliphatic carbocycles. The largest absolute Gasteiger partial charge is 0.480 e. The molecule has 1 saturated carbocycles. The molecule has 4 nitrogen and oxygen atoms in total. The van der Waals surface area contributed by atoms with Gasteiger partial charge in [0, 0.05) is 29.7 Å². The molecule has 126 valence electrons. The van der Waals surface area contributed by atoms with Gasteiger partial charge in [0.25, 0.3) is 0 Å². The van der Waals surface area contributed by atoms with Crippen molar-refractivity contribution in [3.8, 4) is 0 Å². The van der Waals surface area contributed by atoms with E-state index < -0.39 is 12.0 Å². The second-order valence-corrected chi connectivity index (χ2v) is 7.26. The van der Waals surface area contributed by atoms with Gasteiger partial charge in [0.05, 0.1) is 6.10 Å². The minimum atomic E-state index is -0.883. The maximum atomic E-state index is 11.8. The van der Waals surface area contributed by atoms with Crippen molar-refractivity contribution in [1.29, 1.82) is 0 Å². The number of aliphatic carboxylic acids is 1. The molecular formula is C17H21Cl2NO3. The number of carbonyl (C=O) groups is 1. The average Bonchev–Trinajstić information content (AvgIpc) is 3.33. The molecular weight excluding hydrogens is 337 g/mol. The Bertz CT molecular complexity index is 569. The smallest absolute Gasteiger partial charge is 0.325 e. The summed E-state index contributed by atoms with van der Waals surface area (Å²) in [6.07, 6.45) is 4.55. The number of rotatable bonds is 6. The van der Waals surface area contributed by atoms with Crippen molar-refractivity contribution < 1.29 is 14.6 Å². The standard InChI is InChI=1S/C17H21Cl2NO3/c18-12-3-4-14(15(19)9-12)16(17(21)22)20-7-5-13(6-8-20)23-10-11-1-2-11/h3-4,9,11,13,16H,1-2,5-8,10H2,(H,21,22). The third-order valence-corrected chi connectivity index (χ3v) is 5.16. The third-order valence-electron chi connectivity index (χ3n) is 4.60. The van der Waals surface area contributed by atoms with E-state index in [1.165, 1.54) is 12.8 Å². The van der Waals surface area contributed by atoms with Gasteiger partial charge < -0.3 is 9.84 Å². The number of hydrogen-bond donors (Lipinski definition) is 1. The lowest BCUT2D eigenvalue weighted by Gasteiger charge is -2.36. The van der Waals surface area contributed by atoms with E-state index in [1.54, 1.807) is 18.2 Å². The first kappa shape index (κ1) is 17.0. The summed E-state index contributed by atoms with van der Waals surface area (Å²) < 4.78 is 5.92. The number of halogens is 2. The van der Waals surface area contributed by atoms with Crippen LogP contribution in [-0.2, 0) is 9.53 Å². The second kappa shape index (κ2) is 7.39. The first-order valence-electron chi connectivity index (χ1n) is 8.08. The number of piperidine rings is 1. The van der Waals surface area contributed by atoms with Crippen molar-refractivity contribution in [2.45, 2.75) is 37.8 Å². The molecule has 1 atom stereocenters. The number of nitrogens with zero attached hydrogens (tertiary/aromatic N) is 1. The zero-order chi connectivity index (χ0) is 16.4. The molecule has 1 aromatic rings. The van der Waals surface area contributed by atoms with Crippen molar-refractivity contribution in [2.24, 2.45) is 5.92 Å². The van der Waals surface area contributed by atoms with E-state index in [0.717, 1.165) is 25.4 Å². The monoisotopic (exact) mass is 357 g/mol. The van der Waals surface area contributed by atoms with E-state index >= 15 is 0 Å². The van der Waals surface area contributed by atoms with Crippen molar-refractivity contribution in [1.82, 2.24) is 4.90 Å². The Labute approximate surface area is 146 Å². The molecule has 0 aromatic heterocycles. The quantitative estimate of drug-likeness (QED) is 0.835. The van der Waals surface area contributed by atoms with Crippen LogP contribution in [0.25, 0.3) is 0 Å². The van der Waals surface area contributed by atoms with E-state index in [4.69, 9.17) is 27.9 Å². The van der Waals surface area contributed by atoms with E-state index in [1.807, 2.05) is 4.90 Å². The number of carboxylic acid groups (broad SMARTS) is 1. The number of likely N-dealkylation sites (tertiary alicyclic amines) is 1. The predicted octanol–water partition coefficient (Wildman–Crippen LogP) is 4.01. The van der Waals surface area contributed by atoms with Crippen LogP contribution in [0.3, 0.4) is 0 Å². The summed E-state index contributed by atoms with van der Waals surface area (Å²) in [5, 5.41) is 10.6. The van der Waals surface area contributed by atoms with Gasteiger partial charge in [0.1, 0.15) is 6.04 Å². The van der Waals surface area contributed by atoms with Gasteiger partial charge in [0.15, 0.2) is 0 Å². The molecule has 0 spiro atoms. The van der Waals surface area contributed by atoms with Gasteiger partial charge in [-0.25, -0.2) is 0 Å². The summed E-state index contributed by atoms with van der Waals surface area (Å²) in [4.78, 5) is 13.7. The maximum Gasteiger partial charge on any atom is 0.325 e. The van der Waals surface area contributed by atoms with Crippen molar-refractivity contribution in [3.63, 3.8) is 0 Å². The number of hydrogen-bond acceptors (Lipinski definition) is 3. The van der Waals surface area contributed by atoms with Gasteiger partial charge in [-0.1, -0.05) is 29.3 Å². The van der Waals surface area contributed by atoms with Gasteiger partial charge in [-0.15, -0.1) is 0 Å². The van der Waals surface area contributed by atoms with E-state index in [9.17, 15) is 9.90 Å². The predicted molar refractivity (Wildman–Crippen MR) is 90.1 cm³/mol. The van der Waals surface area contributed by atoms with Gasteiger partial charge >= 0.3 is 5.97 Å². The van der Waals surface area contributed by atoms with Crippen LogP contribution in [0.1, 0.15) is 37.3 Å². The normalized spacial score (nSPS) is 21.3. The van der Waals surface area contributed by atoms with Crippen LogP contribution >= 0.6 is 23.2 Å². The summed E-state index contributed by atoms with van der Waals surface area (Å²) in [5.74, 6) is -0.126. The molecule has 0 radical (unpaired) electrons. The minimum absolute atomic E-state index is 0.252. The molecule has 3 rings (SSSR count). The Morgan fingerprint density at radius 2 is 1.96 bits per heavy atom. The fourth-order valence-corrected chi connectivity index (χ4v) is 3.58. The zero-order valence-electron chi connectivity index (χ0n) is 12.9. The summed E-state index contributed by atoms with van der Waals surface area (Å²) in [6.45, 7) is 2.26. The average molecular weight is 358 g/mol. The van der Waals surface area contributed by atoms with Crippen LogP contribution in [0.5, 0.6) is 0 Å². The third kappa shape index (κ3) is 4.38. The van der Waals surface area contributed by atoms with E-state index in [-0.39, 0.29) is 6.10 Å². The highest BCUT2D eigenvalue weighted by Crippen LogP contribution is 2.33. The Kier molecular flexibility index (Phi) is 5.47. The van der Waals surface area contributed by atoms with Crippen molar-refractivity contribution in [2.75, 3.05) is 19.7 Å². The highest BCUT2D eigenvalue weighted by Gasteiger charge is 2.33. The molecule has 6 heteroatoms. The lowest BCUT2D eigenvalue weighted by Crippen LogP contribution is -2.42. The molecule has 2 aliphatic rings. The Morgan fingerprint density at radius 1 is 1.26 bits per heavy atom. The Balaban J connectivity index is 1.64. The van der Waals surface area contributed by atoms with Crippen LogP contribution in [-0.4, -0.2) is 41.8 Å². The van der Waals surface area contributed by atoms with Crippen LogP contribution in [0, 0.1) is 5.92 Å². The van der Waals surface area contributed by atoms with Crippen molar-refractivity contribution >= 4 is 29.2 Å². The Hall–Kier alpha value is -0.810. The molecule has 1 unspecified atom stereocenters. The van der Waals surface area contributed by atoms with E-state index in [0.29, 0.717) is 28.7 Å². The summed E-state index contributed by atoms with van der Waals surface area (Å²) in [7, 11) is 0. The van der Waals surface area contributed by atoms with Gasteiger partial charge in [-0.05, 0) is 49.3 Å². The lowest BCUT2D eigenvalue weighted by molar-refractivity contribution is -0.144. The zero-order valence-corrected chi connectivity index (χ0v) is 14.4. The summed E-state index contributed by atoms with van der Waals surface area (Å²) in [6, 6.07) is 4.26. The molecule has 0 bridgehead atoms. The van der Waals surface area contributed by atoms with Crippen LogP contribution in [0.4, 0.5) is 0 Å². The van der Waals surface area contributed by atoms with Crippen LogP contribution in [0.15, 0.2) is 18.2 Å². The first-order chi connectivity index (χ1) is 11.0. The van der Waals surface area contributed by atoms with Gasteiger partial charge in [-0.3, -0.25) is 9.69 Å².